The number of benzene rings is 1. The van der Waals surface area contributed by atoms with E-state index < -0.39 is 0 Å². The maximum Gasteiger partial charge on any atom is 0.128 e. The summed E-state index contributed by atoms with van der Waals surface area (Å²) in [4.78, 5) is 4.29. The summed E-state index contributed by atoms with van der Waals surface area (Å²) in [6.07, 6.45) is 4.52. The van der Waals surface area contributed by atoms with Gasteiger partial charge in [-0.25, -0.2) is 0 Å². The molecule has 2 N–H and O–H groups in total. The van der Waals surface area contributed by atoms with Crippen molar-refractivity contribution in [1.82, 2.24) is 4.98 Å². The highest BCUT2D eigenvalue weighted by atomic mass is 16.5. The summed E-state index contributed by atoms with van der Waals surface area (Å²) in [6, 6.07) is 9.87. The monoisotopic (exact) mass is 283 g/mol. The molecule has 21 heavy (non-hydrogen) atoms. The number of rotatable bonds is 6. The third kappa shape index (κ3) is 3.85. The summed E-state index contributed by atoms with van der Waals surface area (Å²) < 4.78 is 5.84. The maximum absolute atomic E-state index is 8.97. The first-order chi connectivity index (χ1) is 10.0. The van der Waals surface area contributed by atoms with Crippen molar-refractivity contribution in [2.24, 2.45) is 5.41 Å². The lowest BCUT2D eigenvalue weighted by atomic mass is 9.89. The van der Waals surface area contributed by atoms with Crippen LogP contribution in [0.25, 0.3) is 10.9 Å². The van der Waals surface area contributed by atoms with Crippen molar-refractivity contribution >= 4 is 16.6 Å². The fraction of sp³-hybridized carbons (Fsp3) is 0.412. The Balaban J connectivity index is 1.93. The number of nitriles is 1. The highest BCUT2D eigenvalue weighted by Crippen LogP contribution is 2.28. The van der Waals surface area contributed by atoms with Crippen molar-refractivity contribution in [2.75, 3.05) is 12.3 Å². The van der Waals surface area contributed by atoms with Gasteiger partial charge in [-0.05, 0) is 57.4 Å². The summed E-state index contributed by atoms with van der Waals surface area (Å²) in [5.74, 6) is 0.812. The second kappa shape index (κ2) is 6.45. The summed E-state index contributed by atoms with van der Waals surface area (Å²) in [5, 5.41) is 9.91. The van der Waals surface area contributed by atoms with Crippen LogP contribution in [0.2, 0.25) is 0 Å². The Labute approximate surface area is 125 Å². The largest absolute Gasteiger partial charge is 0.493 e. The van der Waals surface area contributed by atoms with Crippen LogP contribution in [-0.4, -0.2) is 11.6 Å². The summed E-state index contributed by atoms with van der Waals surface area (Å²) in [7, 11) is 0. The molecule has 0 aliphatic carbocycles. The van der Waals surface area contributed by atoms with Gasteiger partial charge in [0.25, 0.3) is 0 Å². The van der Waals surface area contributed by atoms with Gasteiger partial charge in [-0.15, -0.1) is 0 Å². The molecule has 110 valence electrons. The van der Waals surface area contributed by atoms with Gasteiger partial charge in [-0.1, -0.05) is 0 Å². The zero-order valence-corrected chi connectivity index (χ0v) is 12.6. The predicted octanol–water partition coefficient (Wildman–Crippen LogP) is 3.92. The van der Waals surface area contributed by atoms with Crippen LogP contribution in [0.3, 0.4) is 0 Å². The van der Waals surface area contributed by atoms with E-state index in [0.717, 1.165) is 35.9 Å². The lowest BCUT2D eigenvalue weighted by molar-refractivity contribution is 0.298. The molecule has 2 rings (SSSR count). The number of ether oxygens (including phenoxy) is 1. The van der Waals surface area contributed by atoms with Gasteiger partial charge >= 0.3 is 0 Å². The number of fused-ring (bicyclic) bond motifs is 1. The molecule has 0 radical (unpaired) electrons. The number of hydrogen-bond donors (Lipinski definition) is 1. The first-order valence-electron chi connectivity index (χ1n) is 7.21. The van der Waals surface area contributed by atoms with E-state index in [1.54, 1.807) is 6.20 Å². The lowest BCUT2D eigenvalue weighted by Crippen LogP contribution is -2.08. The van der Waals surface area contributed by atoms with Crippen LogP contribution in [0.4, 0.5) is 5.69 Å². The van der Waals surface area contributed by atoms with Crippen LogP contribution in [-0.2, 0) is 0 Å². The second-order valence-electron chi connectivity index (χ2n) is 5.85. The SMILES string of the molecule is CC(C)(C#N)CCCCOc1ccc(N)c2ncccc12. The minimum Gasteiger partial charge on any atom is -0.493 e. The van der Waals surface area contributed by atoms with Crippen molar-refractivity contribution in [1.29, 1.82) is 5.26 Å². The van der Waals surface area contributed by atoms with Gasteiger partial charge in [0.15, 0.2) is 0 Å². The van der Waals surface area contributed by atoms with Gasteiger partial charge in [0, 0.05) is 11.6 Å². The van der Waals surface area contributed by atoms with Gasteiger partial charge in [0.1, 0.15) is 5.75 Å². The number of unbranched alkanes of at least 4 members (excludes halogenated alkanes) is 1. The zero-order valence-electron chi connectivity index (χ0n) is 12.6. The van der Waals surface area contributed by atoms with Gasteiger partial charge in [0.2, 0.25) is 0 Å². The van der Waals surface area contributed by atoms with E-state index in [1.165, 1.54) is 0 Å². The molecular formula is C17H21N3O. The summed E-state index contributed by atoms with van der Waals surface area (Å²) in [5.41, 5.74) is 7.10. The Morgan fingerprint density at radius 3 is 2.86 bits per heavy atom. The van der Waals surface area contributed by atoms with Crippen molar-refractivity contribution in [3.8, 4) is 11.8 Å². The smallest absolute Gasteiger partial charge is 0.128 e. The standard InChI is InChI=1S/C17H21N3O/c1-17(2,12-18)9-3-4-11-21-15-8-7-14(19)16-13(15)6-5-10-20-16/h5-8,10H,3-4,9,11,19H2,1-2H3. The first kappa shape index (κ1) is 15.1. The molecule has 1 heterocycles. The highest BCUT2D eigenvalue weighted by molar-refractivity contribution is 5.93. The molecule has 0 fully saturated rings. The minimum absolute atomic E-state index is 0.252. The van der Waals surface area contributed by atoms with E-state index in [1.807, 2.05) is 38.1 Å². The topological polar surface area (TPSA) is 71.9 Å². The second-order valence-corrected chi connectivity index (χ2v) is 5.85. The Morgan fingerprint density at radius 1 is 1.29 bits per heavy atom. The molecule has 0 saturated heterocycles. The number of nitrogen functional groups attached to an aromatic ring is 1. The van der Waals surface area contributed by atoms with Crippen molar-refractivity contribution < 1.29 is 4.74 Å². The molecule has 4 nitrogen and oxygen atoms in total. The molecule has 4 heteroatoms. The van der Waals surface area contributed by atoms with E-state index in [0.29, 0.717) is 12.3 Å². The first-order valence-corrected chi connectivity index (χ1v) is 7.21. The highest BCUT2D eigenvalue weighted by Gasteiger charge is 2.15. The molecule has 0 saturated carbocycles. The van der Waals surface area contributed by atoms with E-state index >= 15 is 0 Å². The van der Waals surface area contributed by atoms with Crippen molar-refractivity contribution in [3.05, 3.63) is 30.5 Å². The van der Waals surface area contributed by atoms with Crippen molar-refractivity contribution in [2.45, 2.75) is 33.1 Å². The normalized spacial score (nSPS) is 11.3. The van der Waals surface area contributed by atoms with Crippen LogP contribution in [0.15, 0.2) is 30.5 Å². The van der Waals surface area contributed by atoms with E-state index in [2.05, 4.69) is 11.1 Å². The van der Waals surface area contributed by atoms with Crippen molar-refractivity contribution in [3.63, 3.8) is 0 Å². The maximum atomic E-state index is 8.97. The number of anilines is 1. The zero-order chi connectivity index (χ0) is 15.3. The number of pyridine rings is 1. The molecule has 0 bridgehead atoms. The van der Waals surface area contributed by atoms with Crippen LogP contribution in [0.5, 0.6) is 5.75 Å². The third-order valence-electron chi connectivity index (χ3n) is 3.52. The molecule has 0 spiro atoms. The Morgan fingerprint density at radius 2 is 2.10 bits per heavy atom. The average Bonchev–Trinajstić information content (AvgIpc) is 2.49. The number of nitrogens with two attached hydrogens (primary N) is 1. The quantitative estimate of drug-likeness (QED) is 0.644. The fourth-order valence-electron chi connectivity index (χ4n) is 2.20. The lowest BCUT2D eigenvalue weighted by Gasteiger charge is -2.15. The van der Waals surface area contributed by atoms with Crippen LogP contribution in [0.1, 0.15) is 33.1 Å². The van der Waals surface area contributed by atoms with Gasteiger partial charge in [-0.3, -0.25) is 4.98 Å². The average molecular weight is 283 g/mol. The Bertz CT molecular complexity index is 659. The molecular weight excluding hydrogens is 262 g/mol. The van der Waals surface area contributed by atoms with Crippen LogP contribution in [0, 0.1) is 16.7 Å². The summed E-state index contributed by atoms with van der Waals surface area (Å²) >= 11 is 0. The third-order valence-corrected chi connectivity index (χ3v) is 3.52. The molecule has 1 aromatic heterocycles. The predicted molar refractivity (Wildman–Crippen MR) is 84.9 cm³/mol. The molecule has 0 unspecified atom stereocenters. The molecule has 0 aliphatic rings. The van der Waals surface area contributed by atoms with E-state index in [9.17, 15) is 0 Å². The Kier molecular flexibility index (Phi) is 4.64. The van der Waals surface area contributed by atoms with Crippen LogP contribution < -0.4 is 10.5 Å². The molecule has 1 aromatic carbocycles. The van der Waals surface area contributed by atoms with Gasteiger partial charge in [-0.2, -0.15) is 5.26 Å². The number of hydrogen-bond acceptors (Lipinski definition) is 4. The molecule has 0 amide bonds. The molecule has 2 aromatic rings. The van der Waals surface area contributed by atoms with Gasteiger partial charge < -0.3 is 10.5 Å². The van der Waals surface area contributed by atoms with E-state index in [-0.39, 0.29) is 5.41 Å². The van der Waals surface area contributed by atoms with E-state index in [4.69, 9.17) is 15.7 Å². The minimum atomic E-state index is -0.252. The van der Waals surface area contributed by atoms with Gasteiger partial charge in [0.05, 0.1) is 29.3 Å². The summed E-state index contributed by atoms with van der Waals surface area (Å²) in [6.45, 7) is 4.56. The number of aromatic nitrogens is 1. The fourth-order valence-corrected chi connectivity index (χ4v) is 2.20. The molecule has 0 atom stereocenters. The van der Waals surface area contributed by atoms with Crippen LogP contribution >= 0.6 is 0 Å². The number of nitrogens with zero attached hydrogens (tertiary/aromatic N) is 2. The Hall–Kier alpha value is -2.28. The molecule has 0 aliphatic heterocycles.